The van der Waals surface area contributed by atoms with E-state index >= 15 is 0 Å². The number of benzene rings is 1. The summed E-state index contributed by atoms with van der Waals surface area (Å²) in [6, 6.07) is 8.51. The van der Waals surface area contributed by atoms with Crippen LogP contribution in [0, 0.1) is 13.8 Å². The second-order valence-corrected chi connectivity index (χ2v) is 7.59. The third-order valence-electron chi connectivity index (χ3n) is 4.55. The molecule has 0 unspecified atom stereocenters. The maximum atomic E-state index is 12.4. The van der Waals surface area contributed by atoms with Crippen LogP contribution in [0.2, 0.25) is 0 Å². The largest absolute Gasteiger partial charge is 0.317 e. The van der Waals surface area contributed by atoms with Gasteiger partial charge in [-0.05, 0) is 32.3 Å². The average Bonchev–Trinajstić information content (AvgIpc) is 3.09. The average molecular weight is 329 g/mol. The summed E-state index contributed by atoms with van der Waals surface area (Å²) in [5, 5.41) is 3.58. The number of nitrogens with one attached hydrogen (secondary N) is 1. The van der Waals surface area contributed by atoms with Gasteiger partial charge in [-0.1, -0.05) is 42.7 Å². The zero-order valence-corrected chi connectivity index (χ0v) is 14.5. The normalized spacial score (nSPS) is 16.5. The zero-order valence-electron chi connectivity index (χ0n) is 13.7. The third kappa shape index (κ3) is 3.62. The number of aryl methyl sites for hydroxylation is 2. The van der Waals surface area contributed by atoms with Crippen LogP contribution >= 0.6 is 11.3 Å². The van der Waals surface area contributed by atoms with Crippen LogP contribution < -0.4 is 11.1 Å². The van der Waals surface area contributed by atoms with Crippen molar-refractivity contribution in [2.24, 2.45) is 5.73 Å². The number of carbonyl (C=O) groups excluding carboxylic acids is 1. The minimum absolute atomic E-state index is 0.0920. The van der Waals surface area contributed by atoms with Crippen LogP contribution in [0.3, 0.4) is 0 Å². The van der Waals surface area contributed by atoms with E-state index in [4.69, 9.17) is 5.73 Å². The molecule has 122 valence electrons. The first-order chi connectivity index (χ1) is 11.0. The molecule has 2 aromatic rings. The van der Waals surface area contributed by atoms with Gasteiger partial charge in [-0.25, -0.2) is 4.98 Å². The molecule has 1 aliphatic rings. The van der Waals surface area contributed by atoms with Crippen LogP contribution in [0.1, 0.15) is 47.4 Å². The van der Waals surface area contributed by atoms with E-state index in [-0.39, 0.29) is 5.91 Å². The van der Waals surface area contributed by atoms with E-state index < -0.39 is 5.54 Å². The molecule has 0 bridgehead atoms. The van der Waals surface area contributed by atoms with Crippen LogP contribution in [0.25, 0.3) is 0 Å². The molecule has 0 atom stereocenters. The highest BCUT2D eigenvalue weighted by Gasteiger charge is 2.37. The summed E-state index contributed by atoms with van der Waals surface area (Å²) < 4.78 is 0. The second-order valence-electron chi connectivity index (χ2n) is 6.51. The first kappa shape index (κ1) is 16.1. The van der Waals surface area contributed by atoms with Crippen molar-refractivity contribution in [1.82, 2.24) is 4.98 Å². The van der Waals surface area contributed by atoms with Gasteiger partial charge in [0.05, 0.1) is 11.2 Å². The van der Waals surface area contributed by atoms with Crippen molar-refractivity contribution < 1.29 is 4.79 Å². The topological polar surface area (TPSA) is 68.0 Å². The monoisotopic (exact) mass is 329 g/mol. The number of anilines is 1. The summed E-state index contributed by atoms with van der Waals surface area (Å²) in [5.74, 6) is -0.0920. The van der Waals surface area contributed by atoms with E-state index in [2.05, 4.69) is 41.5 Å². The number of hydrogen-bond donors (Lipinski definition) is 2. The van der Waals surface area contributed by atoms with Gasteiger partial charge in [-0.2, -0.15) is 0 Å². The fraction of sp³-hybridized carbons (Fsp3) is 0.444. The fourth-order valence-corrected chi connectivity index (χ4v) is 3.98. The molecule has 4 nitrogen and oxygen atoms in total. The molecule has 1 fully saturated rings. The molecule has 1 heterocycles. The molecule has 0 spiro atoms. The molecule has 0 aliphatic heterocycles. The Morgan fingerprint density at radius 2 is 1.91 bits per heavy atom. The molecule has 23 heavy (non-hydrogen) atoms. The number of nitrogens with zero attached hydrogens (tertiary/aromatic N) is 1. The first-order valence-corrected chi connectivity index (χ1v) is 8.90. The van der Waals surface area contributed by atoms with Crippen molar-refractivity contribution in [2.45, 2.75) is 51.5 Å². The highest BCUT2D eigenvalue weighted by Crippen LogP contribution is 2.30. The summed E-state index contributed by atoms with van der Waals surface area (Å²) in [5.41, 5.74) is 8.97. The van der Waals surface area contributed by atoms with Crippen molar-refractivity contribution in [3.63, 3.8) is 0 Å². The lowest BCUT2D eigenvalue weighted by atomic mass is 9.98. The van der Waals surface area contributed by atoms with Crippen LogP contribution in [0.4, 0.5) is 5.13 Å². The van der Waals surface area contributed by atoms with Gasteiger partial charge in [-0.3, -0.25) is 4.79 Å². The molecule has 5 heteroatoms. The van der Waals surface area contributed by atoms with Gasteiger partial charge in [0.1, 0.15) is 0 Å². The van der Waals surface area contributed by atoms with Gasteiger partial charge in [0.25, 0.3) is 0 Å². The summed E-state index contributed by atoms with van der Waals surface area (Å²) in [4.78, 5) is 18.1. The molecule has 3 rings (SSSR count). The molecule has 1 aromatic heterocycles. The van der Waals surface area contributed by atoms with E-state index in [1.165, 1.54) is 16.0 Å². The molecule has 3 N–H and O–H groups in total. The summed E-state index contributed by atoms with van der Waals surface area (Å²) >= 11 is 1.55. The quantitative estimate of drug-likeness (QED) is 0.901. The first-order valence-electron chi connectivity index (χ1n) is 8.08. The maximum absolute atomic E-state index is 12.4. The summed E-state index contributed by atoms with van der Waals surface area (Å²) in [6.07, 6.45) is 4.42. The van der Waals surface area contributed by atoms with Gasteiger partial charge in [0.2, 0.25) is 5.91 Å². The number of thiazole rings is 1. The molecule has 0 radical (unpaired) electrons. The number of carbonyl (C=O) groups is 1. The summed E-state index contributed by atoms with van der Waals surface area (Å²) in [7, 11) is 0. The molecule has 1 aliphatic carbocycles. The minimum atomic E-state index is -0.712. The highest BCUT2D eigenvalue weighted by atomic mass is 32.1. The zero-order chi connectivity index (χ0) is 16.4. The number of aromatic nitrogens is 1. The van der Waals surface area contributed by atoms with Crippen molar-refractivity contribution in [3.8, 4) is 0 Å². The van der Waals surface area contributed by atoms with Gasteiger partial charge >= 0.3 is 0 Å². The lowest BCUT2D eigenvalue weighted by Gasteiger charge is -2.21. The maximum Gasteiger partial charge on any atom is 0.246 e. The standard InChI is InChI=1S/C18H23N3OS/c1-12-5-7-14(8-6-12)11-15-13(2)20-17(23-15)21-16(22)18(19)9-3-4-10-18/h5-8H,3-4,9-11,19H2,1-2H3,(H,20,21,22). The van der Waals surface area contributed by atoms with E-state index in [0.717, 1.165) is 37.8 Å². The predicted octanol–water partition coefficient (Wildman–Crippen LogP) is 3.56. The van der Waals surface area contributed by atoms with Crippen LogP contribution in [0.15, 0.2) is 24.3 Å². The van der Waals surface area contributed by atoms with Crippen molar-refractivity contribution in [3.05, 3.63) is 46.0 Å². The second kappa shape index (κ2) is 6.42. The number of rotatable bonds is 4. The van der Waals surface area contributed by atoms with Gasteiger partial charge in [0.15, 0.2) is 5.13 Å². The fourth-order valence-electron chi connectivity index (χ4n) is 2.99. The van der Waals surface area contributed by atoms with E-state index in [0.29, 0.717) is 5.13 Å². The number of amides is 1. The molecular weight excluding hydrogens is 306 g/mol. The lowest BCUT2D eigenvalue weighted by Crippen LogP contribution is -2.48. The Morgan fingerprint density at radius 3 is 2.57 bits per heavy atom. The summed E-state index contributed by atoms with van der Waals surface area (Å²) in [6.45, 7) is 4.07. The SMILES string of the molecule is Cc1ccc(Cc2sc(NC(=O)C3(N)CCCC3)nc2C)cc1. The van der Waals surface area contributed by atoms with Crippen LogP contribution in [-0.4, -0.2) is 16.4 Å². The van der Waals surface area contributed by atoms with Crippen molar-refractivity contribution >= 4 is 22.4 Å². The Morgan fingerprint density at radius 1 is 1.26 bits per heavy atom. The Kier molecular flexibility index (Phi) is 4.50. The minimum Gasteiger partial charge on any atom is -0.317 e. The Labute approximate surface area is 141 Å². The highest BCUT2D eigenvalue weighted by molar-refractivity contribution is 7.15. The van der Waals surface area contributed by atoms with Gasteiger partial charge in [0, 0.05) is 11.3 Å². The molecule has 0 saturated heterocycles. The third-order valence-corrected chi connectivity index (χ3v) is 5.62. The Hall–Kier alpha value is -1.72. The van der Waals surface area contributed by atoms with E-state index in [1.54, 1.807) is 11.3 Å². The Balaban J connectivity index is 1.70. The molecule has 1 saturated carbocycles. The van der Waals surface area contributed by atoms with E-state index in [9.17, 15) is 4.79 Å². The van der Waals surface area contributed by atoms with Crippen LogP contribution in [0.5, 0.6) is 0 Å². The van der Waals surface area contributed by atoms with Gasteiger partial charge in [-0.15, -0.1) is 11.3 Å². The van der Waals surface area contributed by atoms with Gasteiger partial charge < -0.3 is 11.1 Å². The molecule has 1 aromatic carbocycles. The Bertz CT molecular complexity index is 700. The smallest absolute Gasteiger partial charge is 0.246 e. The number of nitrogens with two attached hydrogens (primary N) is 1. The van der Waals surface area contributed by atoms with Crippen molar-refractivity contribution in [1.29, 1.82) is 0 Å². The molecule has 1 amide bonds. The van der Waals surface area contributed by atoms with Crippen molar-refractivity contribution in [2.75, 3.05) is 5.32 Å². The number of hydrogen-bond acceptors (Lipinski definition) is 4. The van der Waals surface area contributed by atoms with Crippen LogP contribution in [-0.2, 0) is 11.2 Å². The predicted molar refractivity (Wildman–Crippen MR) is 94.9 cm³/mol. The lowest BCUT2D eigenvalue weighted by molar-refractivity contribution is -0.121. The molecular formula is C18H23N3OS. The van der Waals surface area contributed by atoms with E-state index in [1.807, 2.05) is 6.92 Å².